The third kappa shape index (κ3) is 3.70. The van der Waals surface area contributed by atoms with E-state index in [1.807, 2.05) is 20.8 Å². The molecular weight excluding hydrogens is 314 g/mol. The Kier molecular flexibility index (Phi) is 4.11. The summed E-state index contributed by atoms with van der Waals surface area (Å²) in [5, 5.41) is 9.92. The number of nitrogens with zero attached hydrogens (tertiary/aromatic N) is 3. The molecule has 0 unspecified atom stereocenters. The van der Waals surface area contributed by atoms with Crippen LogP contribution >= 0.6 is 11.3 Å². The van der Waals surface area contributed by atoms with Gasteiger partial charge in [-0.1, -0.05) is 25.9 Å². The number of fused-ring (bicyclic) bond motifs is 1. The zero-order chi connectivity index (χ0) is 16.6. The van der Waals surface area contributed by atoms with Gasteiger partial charge in [-0.2, -0.15) is 0 Å². The van der Waals surface area contributed by atoms with Crippen molar-refractivity contribution in [3.05, 3.63) is 22.4 Å². The number of nitrogens with one attached hydrogen (secondary N) is 2. The van der Waals surface area contributed by atoms with E-state index in [0.29, 0.717) is 10.9 Å². The predicted octanol–water partition coefficient (Wildman–Crippen LogP) is 3.06. The molecule has 0 atom stereocenters. The fraction of sp³-hybridized carbons (Fsp3) is 0.533. The summed E-state index contributed by atoms with van der Waals surface area (Å²) in [6.45, 7) is 7.95. The Bertz CT molecular complexity index is 716. The second-order valence-corrected chi connectivity index (χ2v) is 7.87. The van der Waals surface area contributed by atoms with Crippen molar-refractivity contribution in [2.75, 3.05) is 24.2 Å². The molecule has 0 aliphatic carbocycles. The zero-order valence-corrected chi connectivity index (χ0v) is 14.6. The minimum Gasteiger partial charge on any atom is -0.359 e. The molecule has 3 rings (SSSR count). The second kappa shape index (κ2) is 5.93. The molecule has 0 saturated heterocycles. The molecule has 2 amide bonds. The zero-order valence-electron chi connectivity index (χ0n) is 13.8. The quantitative estimate of drug-likeness (QED) is 0.881. The number of urea groups is 1. The van der Waals surface area contributed by atoms with Gasteiger partial charge >= 0.3 is 6.03 Å². The van der Waals surface area contributed by atoms with Crippen molar-refractivity contribution in [1.82, 2.24) is 15.0 Å². The lowest BCUT2D eigenvalue weighted by molar-refractivity contribution is 0.262. The van der Waals surface area contributed by atoms with Crippen LogP contribution in [0.2, 0.25) is 0 Å². The van der Waals surface area contributed by atoms with Crippen LogP contribution in [-0.2, 0) is 18.4 Å². The molecule has 3 heterocycles. The van der Waals surface area contributed by atoms with E-state index in [1.165, 1.54) is 16.2 Å². The summed E-state index contributed by atoms with van der Waals surface area (Å²) in [6.07, 6.45) is 0.920. The van der Waals surface area contributed by atoms with Crippen molar-refractivity contribution < 1.29 is 9.32 Å². The van der Waals surface area contributed by atoms with Crippen molar-refractivity contribution in [3.63, 3.8) is 0 Å². The number of rotatable bonds is 2. The van der Waals surface area contributed by atoms with Crippen molar-refractivity contribution in [1.29, 1.82) is 0 Å². The summed E-state index contributed by atoms with van der Waals surface area (Å²) in [5.74, 6) is 1.12. The summed E-state index contributed by atoms with van der Waals surface area (Å²) < 4.78 is 5.25. The molecular formula is C15H21N5O2S. The highest BCUT2D eigenvalue weighted by molar-refractivity contribution is 7.15. The molecule has 1 aliphatic heterocycles. The van der Waals surface area contributed by atoms with E-state index in [-0.39, 0.29) is 11.4 Å². The van der Waals surface area contributed by atoms with Gasteiger partial charge in [-0.25, -0.2) is 9.78 Å². The first-order chi connectivity index (χ1) is 10.8. The molecule has 2 N–H and O–H groups in total. The molecule has 0 fully saturated rings. The highest BCUT2D eigenvalue weighted by Gasteiger charge is 2.21. The number of carbonyl (C=O) groups excluding carboxylic acids is 1. The Hall–Kier alpha value is -1.93. The van der Waals surface area contributed by atoms with Gasteiger partial charge in [-0.3, -0.25) is 10.6 Å². The standard InChI is InChI=1S/C15H21N5O2S/c1-15(2,3)11-7-12(19-22-11)17-13(21)18-14-16-9-5-6-20(4)8-10(9)23-14/h7H,5-6,8H2,1-4H3,(H2,16,17,18,19,21). The maximum Gasteiger partial charge on any atom is 0.326 e. The first-order valence-electron chi connectivity index (χ1n) is 7.53. The van der Waals surface area contributed by atoms with E-state index in [0.717, 1.165) is 31.0 Å². The maximum absolute atomic E-state index is 12.1. The van der Waals surface area contributed by atoms with Crippen molar-refractivity contribution in [2.45, 2.75) is 39.2 Å². The van der Waals surface area contributed by atoms with Gasteiger partial charge in [0, 0.05) is 35.9 Å². The number of likely N-dealkylation sites (N-methyl/N-ethyl adjacent to an activating group) is 1. The first-order valence-corrected chi connectivity index (χ1v) is 8.35. The molecule has 0 bridgehead atoms. The Morgan fingerprint density at radius 2 is 2.17 bits per heavy atom. The van der Waals surface area contributed by atoms with Crippen LogP contribution in [0.15, 0.2) is 10.6 Å². The summed E-state index contributed by atoms with van der Waals surface area (Å²) in [6, 6.07) is 1.37. The fourth-order valence-electron chi connectivity index (χ4n) is 2.31. The number of thiazole rings is 1. The number of hydrogen-bond acceptors (Lipinski definition) is 6. The van der Waals surface area contributed by atoms with Crippen LogP contribution in [0.25, 0.3) is 0 Å². The SMILES string of the molecule is CN1CCc2nc(NC(=O)Nc3cc(C(C)(C)C)on3)sc2C1. The highest BCUT2D eigenvalue weighted by Crippen LogP contribution is 2.28. The van der Waals surface area contributed by atoms with E-state index >= 15 is 0 Å². The highest BCUT2D eigenvalue weighted by atomic mass is 32.1. The Morgan fingerprint density at radius 3 is 2.87 bits per heavy atom. The largest absolute Gasteiger partial charge is 0.359 e. The monoisotopic (exact) mass is 335 g/mol. The average molecular weight is 335 g/mol. The van der Waals surface area contributed by atoms with Crippen molar-refractivity contribution >= 4 is 28.3 Å². The van der Waals surface area contributed by atoms with E-state index in [4.69, 9.17) is 4.52 Å². The molecule has 124 valence electrons. The molecule has 2 aromatic rings. The number of carbonyl (C=O) groups is 1. The normalized spacial score (nSPS) is 15.3. The summed E-state index contributed by atoms with van der Waals surface area (Å²) in [4.78, 5) is 20.0. The molecule has 0 spiro atoms. The lowest BCUT2D eigenvalue weighted by Crippen LogP contribution is -2.25. The summed E-state index contributed by atoms with van der Waals surface area (Å²) in [5.41, 5.74) is 0.934. The van der Waals surface area contributed by atoms with Gasteiger partial charge < -0.3 is 9.42 Å². The van der Waals surface area contributed by atoms with Crippen LogP contribution < -0.4 is 10.6 Å². The Labute approximate surface area is 139 Å². The van der Waals surface area contributed by atoms with Crippen LogP contribution in [0.1, 0.15) is 37.1 Å². The van der Waals surface area contributed by atoms with Gasteiger partial charge in [-0.05, 0) is 7.05 Å². The summed E-state index contributed by atoms with van der Waals surface area (Å²) >= 11 is 1.52. The second-order valence-electron chi connectivity index (χ2n) is 6.78. The van der Waals surface area contributed by atoms with Crippen molar-refractivity contribution in [2.24, 2.45) is 0 Å². The van der Waals surface area contributed by atoms with Crippen LogP contribution in [0.4, 0.5) is 15.7 Å². The van der Waals surface area contributed by atoms with E-state index < -0.39 is 0 Å². The molecule has 7 nitrogen and oxygen atoms in total. The molecule has 8 heteroatoms. The molecule has 0 saturated carbocycles. The smallest absolute Gasteiger partial charge is 0.326 e. The van der Waals surface area contributed by atoms with Gasteiger partial charge in [0.15, 0.2) is 10.9 Å². The average Bonchev–Trinajstić information content (AvgIpc) is 3.03. The Morgan fingerprint density at radius 1 is 1.39 bits per heavy atom. The van der Waals surface area contributed by atoms with Crippen LogP contribution in [0.3, 0.4) is 0 Å². The molecule has 23 heavy (non-hydrogen) atoms. The molecule has 0 aromatic carbocycles. The first kappa shape index (κ1) is 15.9. The van der Waals surface area contributed by atoms with E-state index in [9.17, 15) is 4.79 Å². The minimum absolute atomic E-state index is 0.149. The van der Waals surface area contributed by atoms with E-state index in [1.54, 1.807) is 6.07 Å². The third-order valence-electron chi connectivity index (χ3n) is 3.63. The van der Waals surface area contributed by atoms with Crippen LogP contribution in [0, 0.1) is 0 Å². The van der Waals surface area contributed by atoms with Gasteiger partial charge in [0.1, 0.15) is 5.76 Å². The topological polar surface area (TPSA) is 83.3 Å². The third-order valence-corrected chi connectivity index (χ3v) is 4.63. The Balaban J connectivity index is 1.63. The van der Waals surface area contributed by atoms with Gasteiger partial charge in [0.25, 0.3) is 0 Å². The predicted molar refractivity (Wildman–Crippen MR) is 90.0 cm³/mol. The van der Waals surface area contributed by atoms with Crippen molar-refractivity contribution in [3.8, 4) is 0 Å². The molecule has 2 aromatic heterocycles. The number of amides is 2. The lowest BCUT2D eigenvalue weighted by atomic mass is 9.93. The van der Waals surface area contributed by atoms with Crippen LogP contribution in [-0.4, -0.2) is 34.7 Å². The minimum atomic E-state index is -0.363. The molecule has 1 aliphatic rings. The maximum atomic E-state index is 12.1. The van der Waals surface area contributed by atoms with Gasteiger partial charge in [0.2, 0.25) is 0 Å². The van der Waals surface area contributed by atoms with Crippen LogP contribution in [0.5, 0.6) is 0 Å². The number of aromatic nitrogens is 2. The lowest BCUT2D eigenvalue weighted by Gasteiger charge is -2.20. The fourth-order valence-corrected chi connectivity index (χ4v) is 3.39. The van der Waals surface area contributed by atoms with Gasteiger partial charge in [0.05, 0.1) is 5.69 Å². The van der Waals surface area contributed by atoms with Gasteiger partial charge in [-0.15, -0.1) is 11.3 Å². The van der Waals surface area contributed by atoms with E-state index in [2.05, 4.69) is 32.7 Å². The number of hydrogen-bond donors (Lipinski definition) is 2. The number of anilines is 2. The molecule has 0 radical (unpaired) electrons. The summed E-state index contributed by atoms with van der Waals surface area (Å²) in [7, 11) is 2.08.